The lowest BCUT2D eigenvalue weighted by Crippen LogP contribution is -2.14. The number of rotatable bonds is 4. The quantitative estimate of drug-likeness (QED) is 0.699. The molecular weight excluding hydrogens is 359 g/mol. The molecule has 0 aliphatic heterocycles. The van der Waals surface area contributed by atoms with Crippen molar-refractivity contribution in [2.75, 3.05) is 0 Å². The summed E-state index contributed by atoms with van der Waals surface area (Å²) in [7, 11) is 0. The Bertz CT molecular complexity index is 953. The maximum absolute atomic E-state index is 12.8. The van der Waals surface area contributed by atoms with E-state index in [4.69, 9.17) is 0 Å². The highest BCUT2D eigenvalue weighted by Crippen LogP contribution is 2.30. The van der Waals surface area contributed by atoms with Crippen molar-refractivity contribution < 1.29 is 13.2 Å². The molecule has 2 heterocycles. The maximum atomic E-state index is 12.8. The number of H-pyrrole nitrogens is 1. The van der Waals surface area contributed by atoms with Gasteiger partial charge in [0.2, 0.25) is 0 Å². The maximum Gasteiger partial charge on any atom is 0.416 e. The third-order valence-electron chi connectivity index (χ3n) is 3.13. The van der Waals surface area contributed by atoms with Gasteiger partial charge < -0.3 is 0 Å². The van der Waals surface area contributed by atoms with Crippen LogP contribution in [0.25, 0.3) is 5.69 Å². The van der Waals surface area contributed by atoms with Crippen LogP contribution in [0.4, 0.5) is 13.2 Å². The number of tetrazole rings is 1. The van der Waals surface area contributed by atoms with E-state index in [0.29, 0.717) is 5.82 Å². The summed E-state index contributed by atoms with van der Waals surface area (Å²) in [4.78, 5) is 14.0. The molecule has 2 aromatic heterocycles. The van der Waals surface area contributed by atoms with Crippen LogP contribution in [-0.2, 0) is 11.9 Å². The van der Waals surface area contributed by atoms with Crippen LogP contribution in [0.15, 0.2) is 34.2 Å². The summed E-state index contributed by atoms with van der Waals surface area (Å²) in [5, 5.41) is 18.8. The average Bonchev–Trinajstić information content (AvgIpc) is 3.04. The monoisotopic (exact) mass is 369 g/mol. The van der Waals surface area contributed by atoms with Gasteiger partial charge in [-0.2, -0.15) is 17.9 Å². The van der Waals surface area contributed by atoms with Gasteiger partial charge in [-0.1, -0.05) is 17.8 Å². The van der Waals surface area contributed by atoms with Gasteiger partial charge in [0.15, 0.2) is 11.0 Å². The Morgan fingerprint density at radius 3 is 2.76 bits per heavy atom. The minimum Gasteiger partial charge on any atom is -0.298 e. The standard InChI is InChI=1S/C13H10F3N7OS/c1-7-11(24)17-12(20-18-7)25-6-10-19-21-22-23(10)9-4-2-3-8(5-9)13(14,15)16/h2-5H,6H2,1H3,(H,17,20,24). The van der Waals surface area contributed by atoms with Gasteiger partial charge in [0, 0.05) is 0 Å². The van der Waals surface area contributed by atoms with Crippen molar-refractivity contribution in [1.29, 1.82) is 0 Å². The van der Waals surface area contributed by atoms with Crippen LogP contribution >= 0.6 is 11.8 Å². The third kappa shape index (κ3) is 3.84. The van der Waals surface area contributed by atoms with Gasteiger partial charge in [-0.15, -0.1) is 15.3 Å². The molecule has 0 radical (unpaired) electrons. The van der Waals surface area contributed by atoms with Crippen molar-refractivity contribution in [3.05, 3.63) is 51.7 Å². The Morgan fingerprint density at radius 2 is 2.04 bits per heavy atom. The summed E-state index contributed by atoms with van der Waals surface area (Å²) >= 11 is 1.10. The number of halogens is 3. The minimum absolute atomic E-state index is 0.178. The van der Waals surface area contributed by atoms with E-state index in [9.17, 15) is 18.0 Å². The molecule has 3 aromatic rings. The highest BCUT2D eigenvalue weighted by atomic mass is 32.2. The van der Waals surface area contributed by atoms with E-state index in [1.165, 1.54) is 23.7 Å². The molecule has 130 valence electrons. The van der Waals surface area contributed by atoms with Gasteiger partial charge in [0.25, 0.3) is 5.56 Å². The lowest BCUT2D eigenvalue weighted by Gasteiger charge is -2.09. The lowest BCUT2D eigenvalue weighted by molar-refractivity contribution is -0.137. The molecule has 0 aliphatic carbocycles. The first kappa shape index (κ1) is 17.1. The summed E-state index contributed by atoms with van der Waals surface area (Å²) < 4.78 is 39.7. The normalized spacial score (nSPS) is 11.7. The van der Waals surface area contributed by atoms with E-state index in [1.54, 1.807) is 0 Å². The number of hydrogen-bond acceptors (Lipinski definition) is 7. The van der Waals surface area contributed by atoms with Crippen LogP contribution < -0.4 is 5.56 Å². The molecule has 0 amide bonds. The van der Waals surface area contributed by atoms with E-state index in [0.717, 1.165) is 23.9 Å². The summed E-state index contributed by atoms with van der Waals surface area (Å²) in [6, 6.07) is 4.67. The molecule has 0 spiro atoms. The fourth-order valence-electron chi connectivity index (χ4n) is 1.89. The number of nitrogens with zero attached hydrogens (tertiary/aromatic N) is 6. The van der Waals surface area contributed by atoms with E-state index >= 15 is 0 Å². The van der Waals surface area contributed by atoms with Crippen LogP contribution in [0.3, 0.4) is 0 Å². The summed E-state index contributed by atoms with van der Waals surface area (Å²) in [6.07, 6.45) is -4.46. The summed E-state index contributed by atoms with van der Waals surface area (Å²) in [6.45, 7) is 1.52. The summed E-state index contributed by atoms with van der Waals surface area (Å²) in [5.41, 5.74) is -0.750. The number of nitrogens with one attached hydrogen (secondary N) is 1. The zero-order valence-corrected chi connectivity index (χ0v) is 13.5. The van der Waals surface area contributed by atoms with E-state index in [-0.39, 0.29) is 27.8 Å². The van der Waals surface area contributed by atoms with Crippen LogP contribution in [0, 0.1) is 6.92 Å². The van der Waals surface area contributed by atoms with Crippen molar-refractivity contribution in [2.24, 2.45) is 0 Å². The molecule has 0 saturated heterocycles. The van der Waals surface area contributed by atoms with Gasteiger partial charge in [0.1, 0.15) is 5.69 Å². The SMILES string of the molecule is Cc1nnc(SCc2nnnn2-c2cccc(C(F)(F)F)c2)[nH]c1=O. The minimum atomic E-state index is -4.46. The Hall–Kier alpha value is -2.76. The molecule has 1 aromatic carbocycles. The van der Waals surface area contributed by atoms with Gasteiger partial charge in [0.05, 0.1) is 17.0 Å². The van der Waals surface area contributed by atoms with Crippen LogP contribution in [0.1, 0.15) is 17.1 Å². The van der Waals surface area contributed by atoms with Crippen LogP contribution in [0.5, 0.6) is 0 Å². The first-order valence-corrected chi connectivity index (χ1v) is 7.84. The molecule has 0 unspecified atom stereocenters. The number of aromatic nitrogens is 7. The van der Waals surface area contributed by atoms with Crippen LogP contribution in [0.2, 0.25) is 0 Å². The summed E-state index contributed by atoms with van der Waals surface area (Å²) in [5.74, 6) is 0.476. The number of alkyl halides is 3. The highest BCUT2D eigenvalue weighted by Gasteiger charge is 2.30. The molecule has 3 rings (SSSR count). The first-order valence-electron chi connectivity index (χ1n) is 6.86. The van der Waals surface area contributed by atoms with Gasteiger partial charge in [-0.25, -0.2) is 0 Å². The van der Waals surface area contributed by atoms with E-state index in [1.807, 2.05) is 0 Å². The zero-order valence-electron chi connectivity index (χ0n) is 12.7. The zero-order chi connectivity index (χ0) is 18.0. The second-order valence-corrected chi connectivity index (χ2v) is 5.85. The molecule has 0 atom stereocenters. The number of thioether (sulfide) groups is 1. The first-order chi connectivity index (χ1) is 11.8. The topological polar surface area (TPSA) is 102 Å². The second-order valence-electron chi connectivity index (χ2n) is 4.89. The van der Waals surface area contributed by atoms with Gasteiger partial charge >= 0.3 is 6.18 Å². The fraction of sp³-hybridized carbons (Fsp3) is 0.231. The Balaban J connectivity index is 1.83. The fourth-order valence-corrected chi connectivity index (χ4v) is 2.60. The number of benzene rings is 1. The molecule has 0 bridgehead atoms. The molecular formula is C13H10F3N7OS. The molecule has 1 N–H and O–H groups in total. The van der Waals surface area contributed by atoms with Crippen molar-refractivity contribution >= 4 is 11.8 Å². The van der Waals surface area contributed by atoms with Gasteiger partial charge in [-0.05, 0) is 35.5 Å². The van der Waals surface area contributed by atoms with Crippen molar-refractivity contribution in [2.45, 2.75) is 24.0 Å². The number of aryl methyl sites for hydroxylation is 1. The van der Waals surface area contributed by atoms with Crippen molar-refractivity contribution in [3.8, 4) is 5.69 Å². The van der Waals surface area contributed by atoms with Crippen molar-refractivity contribution in [3.63, 3.8) is 0 Å². The predicted octanol–water partition coefficient (Wildman–Crippen LogP) is 1.76. The highest BCUT2D eigenvalue weighted by molar-refractivity contribution is 7.98. The molecule has 25 heavy (non-hydrogen) atoms. The predicted molar refractivity (Wildman–Crippen MR) is 81.1 cm³/mol. The third-order valence-corrected chi connectivity index (χ3v) is 3.99. The van der Waals surface area contributed by atoms with E-state index in [2.05, 4.69) is 30.7 Å². The lowest BCUT2D eigenvalue weighted by atomic mass is 10.2. The Kier molecular flexibility index (Phi) is 4.53. The van der Waals surface area contributed by atoms with Crippen LogP contribution in [-0.4, -0.2) is 35.4 Å². The Morgan fingerprint density at radius 1 is 1.24 bits per heavy atom. The molecule has 0 aliphatic rings. The molecule has 8 nitrogen and oxygen atoms in total. The molecule has 12 heteroatoms. The van der Waals surface area contributed by atoms with E-state index < -0.39 is 11.7 Å². The smallest absolute Gasteiger partial charge is 0.298 e. The largest absolute Gasteiger partial charge is 0.416 e. The molecule has 0 saturated carbocycles. The average molecular weight is 369 g/mol. The van der Waals surface area contributed by atoms with Gasteiger partial charge in [-0.3, -0.25) is 9.78 Å². The Labute approximate surface area is 142 Å². The van der Waals surface area contributed by atoms with Crippen molar-refractivity contribution in [1.82, 2.24) is 35.4 Å². The number of aromatic amines is 1. The number of hydrogen-bond donors (Lipinski definition) is 1. The second kappa shape index (κ2) is 6.63. The molecule has 0 fully saturated rings.